The van der Waals surface area contributed by atoms with Crippen LogP contribution in [0.15, 0.2) is 96.1 Å². The predicted molar refractivity (Wildman–Crippen MR) is 256 cm³/mol. The molecule has 0 radical (unpaired) electrons. The fraction of sp³-hybridized carbons (Fsp3) is 0.354. The van der Waals surface area contributed by atoms with Crippen LogP contribution in [-0.4, -0.2) is 77.2 Å². The number of halogens is 10. The number of alkyl halides is 6. The quantitative estimate of drug-likeness (QED) is 0.0739. The van der Waals surface area contributed by atoms with E-state index in [0.717, 1.165) is 11.6 Å². The number of amides is 2. The van der Waals surface area contributed by atoms with Gasteiger partial charge in [0.05, 0.1) is 29.5 Å². The molecular formula is C48H48Cl2F8N6O8S. The lowest BCUT2D eigenvalue weighted by atomic mass is 9.95. The molecule has 394 valence electrons. The summed E-state index contributed by atoms with van der Waals surface area (Å²) >= 11 is 12.4. The zero-order valence-corrected chi connectivity index (χ0v) is 42.1. The molecule has 1 N–H and O–H groups in total. The van der Waals surface area contributed by atoms with Crippen LogP contribution in [0.3, 0.4) is 0 Å². The van der Waals surface area contributed by atoms with Crippen molar-refractivity contribution in [3.8, 4) is 10.9 Å². The van der Waals surface area contributed by atoms with Crippen molar-refractivity contribution < 1.29 is 73.2 Å². The highest BCUT2D eigenvalue weighted by molar-refractivity contribution is 7.13. The number of hydrazone groups is 1. The molecule has 2 atom stereocenters. The first kappa shape index (κ1) is 59.0. The first-order valence-corrected chi connectivity index (χ1v) is 23.5. The van der Waals surface area contributed by atoms with Gasteiger partial charge < -0.3 is 29.2 Å². The number of rotatable bonds is 16. The van der Waals surface area contributed by atoms with Crippen LogP contribution < -0.4 is 24.7 Å². The maximum atomic E-state index is 13.3. The third-order valence-electron chi connectivity index (χ3n) is 9.92. The van der Waals surface area contributed by atoms with Crippen LogP contribution >= 0.6 is 34.5 Å². The smallest absolute Gasteiger partial charge is 0.445 e. The maximum absolute atomic E-state index is 13.3. The molecule has 2 heterocycles. The molecule has 0 spiro atoms. The zero-order valence-electron chi connectivity index (χ0n) is 39.7. The van der Waals surface area contributed by atoms with E-state index in [1.807, 2.05) is 30.3 Å². The number of nitrogens with one attached hydrogen (secondary N) is 1. The molecular weight excluding hydrogens is 1040 g/mol. The normalized spacial score (nSPS) is 14.6. The third-order valence-corrected chi connectivity index (χ3v) is 11.3. The Morgan fingerprint density at radius 2 is 1.51 bits per heavy atom. The summed E-state index contributed by atoms with van der Waals surface area (Å²) in [4.78, 5) is 50.3. The molecule has 0 aliphatic carbocycles. The van der Waals surface area contributed by atoms with Gasteiger partial charge in [-0.05, 0) is 107 Å². The van der Waals surface area contributed by atoms with Crippen molar-refractivity contribution in [2.45, 2.75) is 91.0 Å². The van der Waals surface area contributed by atoms with Crippen molar-refractivity contribution in [3.05, 3.63) is 129 Å². The number of hydrogen-bond donors (Lipinski definition) is 1. The minimum absolute atomic E-state index is 0.0591. The van der Waals surface area contributed by atoms with Crippen LogP contribution in [-0.2, 0) is 47.5 Å². The number of carbonyl (C=O) groups excluding carboxylic acids is 4. The summed E-state index contributed by atoms with van der Waals surface area (Å²) < 4.78 is 122. The number of esters is 2. The SMILES string of the molecule is CC(C)N(C(=O)COc1nnc(C(F)(F)F)s1)c1ccc(F)cc1.CCC(Oc1ccc(F)c(C(F)(F)F)c1)C(=O)NCc1ccccc1.CCOC(=O)C1=NN(c2ccc(Cl)cc2Cl)C(C)(C(=O)OCC)C1. The van der Waals surface area contributed by atoms with E-state index in [9.17, 15) is 54.3 Å². The van der Waals surface area contributed by atoms with E-state index in [1.54, 1.807) is 59.7 Å². The molecule has 1 aliphatic rings. The van der Waals surface area contributed by atoms with Gasteiger partial charge in [0.15, 0.2) is 18.2 Å². The predicted octanol–water partition coefficient (Wildman–Crippen LogP) is 11.3. The lowest BCUT2D eigenvalue weighted by molar-refractivity contribution is -0.148. The second-order valence-electron chi connectivity index (χ2n) is 15.7. The molecule has 1 aromatic heterocycles. The maximum Gasteiger partial charge on any atom is 0.445 e. The second-order valence-corrected chi connectivity index (χ2v) is 17.5. The fourth-order valence-electron chi connectivity index (χ4n) is 6.50. The Morgan fingerprint density at radius 1 is 0.849 bits per heavy atom. The summed E-state index contributed by atoms with van der Waals surface area (Å²) in [5.74, 6) is -4.07. The molecule has 73 heavy (non-hydrogen) atoms. The van der Waals surface area contributed by atoms with Crippen LogP contribution in [0.2, 0.25) is 10.0 Å². The molecule has 2 amide bonds. The Morgan fingerprint density at radius 3 is 2.07 bits per heavy atom. The van der Waals surface area contributed by atoms with Crippen molar-refractivity contribution in [1.29, 1.82) is 0 Å². The lowest BCUT2D eigenvalue weighted by Crippen LogP contribution is -2.48. The molecule has 5 aromatic rings. The van der Waals surface area contributed by atoms with Crippen LogP contribution in [0.5, 0.6) is 10.9 Å². The van der Waals surface area contributed by atoms with Gasteiger partial charge in [0.2, 0.25) is 5.01 Å². The fourth-order valence-corrected chi connectivity index (χ4v) is 7.55. The van der Waals surface area contributed by atoms with Crippen molar-refractivity contribution in [2.24, 2.45) is 5.10 Å². The average Bonchev–Trinajstić information content (AvgIpc) is 3.97. The lowest BCUT2D eigenvalue weighted by Gasteiger charge is -2.32. The number of ether oxygens (including phenoxy) is 4. The van der Waals surface area contributed by atoms with Gasteiger partial charge in [-0.25, -0.2) is 23.4 Å². The van der Waals surface area contributed by atoms with E-state index in [2.05, 4.69) is 20.6 Å². The van der Waals surface area contributed by atoms with Crippen LogP contribution in [0.25, 0.3) is 0 Å². The molecule has 1 aliphatic heterocycles. The minimum atomic E-state index is -4.83. The van der Waals surface area contributed by atoms with E-state index < -0.39 is 76.6 Å². The summed E-state index contributed by atoms with van der Waals surface area (Å²) in [5.41, 5.74) is -0.700. The standard InChI is InChI=1S/C18H17F4NO2.C16H18Cl2N2O4.C14H13F4N3O2S/c1-2-16(17(24)23-11-12-6-4-3-5-7-12)25-13-8-9-15(19)14(10-13)18(20,21)22;1-4-23-14(21)12-9-16(3,15(22)24-5-2)20(19-12)13-7-6-10(17)8-11(13)18;1-8(2)21(10-5-3-9(15)4-6-10)11(22)7-23-13-20-19-12(24-13)14(16,17)18/h3-10,16H,2,11H2,1H3,(H,23,24);6-8H,4-5,9H2,1-3H3;3-6,8H,7H2,1-2H3. The highest BCUT2D eigenvalue weighted by Gasteiger charge is 2.49. The van der Waals surface area contributed by atoms with Crippen molar-refractivity contribution in [2.75, 3.05) is 29.7 Å². The molecule has 0 saturated heterocycles. The first-order chi connectivity index (χ1) is 34.3. The molecule has 4 aromatic carbocycles. The van der Waals surface area contributed by atoms with Gasteiger partial charge in [0.1, 0.15) is 23.1 Å². The van der Waals surface area contributed by atoms with Crippen LogP contribution in [0.4, 0.5) is 46.5 Å². The summed E-state index contributed by atoms with van der Waals surface area (Å²) in [7, 11) is 0. The Hall–Kier alpha value is -6.59. The molecule has 0 bridgehead atoms. The average molecular weight is 1090 g/mol. The van der Waals surface area contributed by atoms with Crippen LogP contribution in [0.1, 0.15) is 70.5 Å². The van der Waals surface area contributed by atoms with Gasteiger partial charge in [0.25, 0.3) is 17.0 Å². The van der Waals surface area contributed by atoms with Gasteiger partial charge in [-0.3, -0.25) is 9.59 Å². The van der Waals surface area contributed by atoms with E-state index in [-0.39, 0.29) is 66.6 Å². The number of benzene rings is 4. The Bertz CT molecular complexity index is 2700. The van der Waals surface area contributed by atoms with Gasteiger partial charge >= 0.3 is 24.3 Å². The second kappa shape index (κ2) is 26.4. The van der Waals surface area contributed by atoms with E-state index in [1.165, 1.54) is 34.2 Å². The zero-order chi connectivity index (χ0) is 54.3. The molecule has 0 fully saturated rings. The van der Waals surface area contributed by atoms with Gasteiger partial charge in [-0.2, -0.15) is 31.4 Å². The topological polar surface area (TPSA) is 162 Å². The van der Waals surface area contributed by atoms with E-state index in [0.29, 0.717) is 33.6 Å². The number of aromatic nitrogens is 2. The largest absolute Gasteiger partial charge is 0.481 e. The highest BCUT2D eigenvalue weighted by Crippen LogP contribution is 2.40. The third kappa shape index (κ3) is 16.7. The van der Waals surface area contributed by atoms with Crippen molar-refractivity contribution in [3.63, 3.8) is 0 Å². The van der Waals surface area contributed by atoms with Gasteiger partial charge in [-0.1, -0.05) is 76.9 Å². The first-order valence-electron chi connectivity index (χ1n) is 22.0. The minimum Gasteiger partial charge on any atom is -0.481 e. The summed E-state index contributed by atoms with van der Waals surface area (Å²) in [6.07, 6.45) is -10.1. The Balaban J connectivity index is 0.000000237. The number of hydrogen-bond acceptors (Lipinski definition) is 13. The summed E-state index contributed by atoms with van der Waals surface area (Å²) in [6, 6.07) is 21.3. The van der Waals surface area contributed by atoms with Crippen molar-refractivity contribution >= 4 is 75.4 Å². The van der Waals surface area contributed by atoms with Crippen LogP contribution in [0, 0.1) is 11.6 Å². The molecule has 14 nitrogen and oxygen atoms in total. The molecule has 0 saturated carbocycles. The highest BCUT2D eigenvalue weighted by atomic mass is 35.5. The van der Waals surface area contributed by atoms with E-state index >= 15 is 0 Å². The number of carbonyl (C=O) groups is 4. The molecule has 6 rings (SSSR count). The van der Waals surface area contributed by atoms with Gasteiger partial charge in [-0.15, -0.1) is 5.10 Å². The number of nitrogens with zero attached hydrogens (tertiary/aromatic N) is 5. The van der Waals surface area contributed by atoms with E-state index in [4.69, 9.17) is 42.1 Å². The monoisotopic (exact) mass is 1090 g/mol. The molecule has 25 heteroatoms. The van der Waals surface area contributed by atoms with Gasteiger partial charge in [0, 0.05) is 29.7 Å². The Labute approximate surface area is 428 Å². The molecule has 2 unspecified atom stereocenters. The Kier molecular flexibility index (Phi) is 21.3. The summed E-state index contributed by atoms with van der Waals surface area (Å²) in [6.45, 7) is 10.4. The van der Waals surface area contributed by atoms with Crippen molar-refractivity contribution in [1.82, 2.24) is 15.5 Å². The number of anilines is 2. The summed E-state index contributed by atoms with van der Waals surface area (Å²) in [5, 5.41) is 13.8.